The fourth-order valence-corrected chi connectivity index (χ4v) is 3.03. The Morgan fingerprint density at radius 1 is 1.19 bits per heavy atom. The molecule has 0 spiro atoms. The first-order valence-corrected chi connectivity index (χ1v) is 10.3. The minimum atomic E-state index is -0.263. The maximum Gasteiger partial charge on any atom is 0.255 e. The maximum atomic E-state index is 12.4. The van der Waals surface area contributed by atoms with E-state index in [9.17, 15) is 9.90 Å². The molecule has 0 aromatic heterocycles. The molecule has 148 valence electrons. The second kappa shape index (κ2) is 12.2. The van der Waals surface area contributed by atoms with Crippen molar-refractivity contribution in [1.29, 1.82) is 0 Å². The standard InChI is InChI=1S/C21H35ClN2O2/c1-5-7-11-24(12-8-6-2)15-17-13-18(22)14-19(20(17)25)21(26)23-10-9-16(3)4/h13-14,16,25H,5-12,15H2,1-4H3,(H,23,26). The van der Waals surface area contributed by atoms with Gasteiger partial charge in [0.05, 0.1) is 5.56 Å². The fourth-order valence-electron chi connectivity index (χ4n) is 2.79. The lowest BCUT2D eigenvalue weighted by molar-refractivity contribution is 0.0949. The van der Waals surface area contributed by atoms with E-state index in [1.165, 1.54) is 0 Å². The Labute approximate surface area is 163 Å². The third-order valence-corrected chi connectivity index (χ3v) is 4.67. The number of carbonyl (C=O) groups excluding carboxylic acids is 1. The van der Waals surface area contributed by atoms with Gasteiger partial charge in [-0.25, -0.2) is 0 Å². The lowest BCUT2D eigenvalue weighted by Gasteiger charge is -2.23. The fraction of sp³-hybridized carbons (Fsp3) is 0.667. The van der Waals surface area contributed by atoms with Crippen molar-refractivity contribution in [1.82, 2.24) is 10.2 Å². The van der Waals surface area contributed by atoms with Crippen LogP contribution in [0, 0.1) is 5.92 Å². The number of nitrogens with zero attached hydrogens (tertiary/aromatic N) is 1. The van der Waals surface area contributed by atoms with Crippen LogP contribution in [0.3, 0.4) is 0 Å². The molecule has 1 amide bonds. The number of unbranched alkanes of at least 4 members (excludes halogenated alkanes) is 2. The first kappa shape index (κ1) is 22.8. The molecule has 5 heteroatoms. The first-order chi connectivity index (χ1) is 12.4. The molecule has 2 N–H and O–H groups in total. The second-order valence-corrected chi connectivity index (χ2v) is 7.82. The van der Waals surface area contributed by atoms with Crippen LogP contribution in [0.4, 0.5) is 0 Å². The molecule has 0 atom stereocenters. The predicted molar refractivity (Wildman–Crippen MR) is 110 cm³/mol. The number of nitrogens with one attached hydrogen (secondary N) is 1. The highest BCUT2D eigenvalue weighted by atomic mass is 35.5. The normalized spacial score (nSPS) is 11.3. The Balaban J connectivity index is 2.90. The lowest BCUT2D eigenvalue weighted by atomic mass is 10.1. The average Bonchev–Trinajstić information content (AvgIpc) is 2.59. The Hall–Kier alpha value is -1.26. The SMILES string of the molecule is CCCCN(CCCC)Cc1cc(Cl)cc(C(=O)NCCC(C)C)c1O. The van der Waals surface area contributed by atoms with E-state index in [4.69, 9.17) is 11.6 Å². The van der Waals surface area contributed by atoms with Gasteiger partial charge in [-0.2, -0.15) is 0 Å². The molecule has 1 aromatic carbocycles. The van der Waals surface area contributed by atoms with Crippen LogP contribution in [0.1, 0.15) is 75.7 Å². The van der Waals surface area contributed by atoms with Gasteiger partial charge in [-0.15, -0.1) is 0 Å². The van der Waals surface area contributed by atoms with Crippen molar-refractivity contribution in [3.05, 3.63) is 28.3 Å². The molecule has 0 radical (unpaired) electrons. The number of phenolic OH excluding ortho intramolecular Hbond substituents is 1. The summed E-state index contributed by atoms with van der Waals surface area (Å²) in [6.45, 7) is 11.7. The summed E-state index contributed by atoms with van der Waals surface area (Å²) >= 11 is 6.23. The van der Waals surface area contributed by atoms with Crippen molar-refractivity contribution in [2.24, 2.45) is 5.92 Å². The van der Waals surface area contributed by atoms with Gasteiger partial charge in [0.25, 0.3) is 5.91 Å². The van der Waals surface area contributed by atoms with Crippen molar-refractivity contribution < 1.29 is 9.90 Å². The molecule has 0 fully saturated rings. The van der Waals surface area contributed by atoms with Crippen LogP contribution in [-0.4, -0.2) is 35.5 Å². The summed E-state index contributed by atoms with van der Waals surface area (Å²) in [5.74, 6) is 0.305. The van der Waals surface area contributed by atoms with E-state index in [2.05, 4.69) is 37.9 Å². The molecule has 0 aliphatic rings. The minimum Gasteiger partial charge on any atom is -0.507 e. The van der Waals surface area contributed by atoms with Crippen LogP contribution in [0.2, 0.25) is 5.02 Å². The van der Waals surface area contributed by atoms with Gasteiger partial charge in [0.1, 0.15) is 5.75 Å². The molecule has 26 heavy (non-hydrogen) atoms. The van der Waals surface area contributed by atoms with E-state index < -0.39 is 0 Å². The molecule has 1 aromatic rings. The zero-order valence-corrected chi connectivity index (χ0v) is 17.5. The van der Waals surface area contributed by atoms with E-state index in [0.717, 1.165) is 50.8 Å². The van der Waals surface area contributed by atoms with Crippen LogP contribution >= 0.6 is 11.6 Å². The van der Waals surface area contributed by atoms with Crippen LogP contribution in [0.5, 0.6) is 5.75 Å². The minimum absolute atomic E-state index is 0.0504. The van der Waals surface area contributed by atoms with E-state index in [1.54, 1.807) is 12.1 Å². The van der Waals surface area contributed by atoms with Crippen molar-refractivity contribution >= 4 is 17.5 Å². The number of phenols is 1. The lowest BCUT2D eigenvalue weighted by Crippen LogP contribution is -2.27. The van der Waals surface area contributed by atoms with Crippen LogP contribution in [-0.2, 0) is 6.54 Å². The van der Waals surface area contributed by atoms with Crippen LogP contribution < -0.4 is 5.32 Å². The third-order valence-electron chi connectivity index (χ3n) is 4.46. The zero-order chi connectivity index (χ0) is 19.5. The molecule has 0 bridgehead atoms. The highest BCUT2D eigenvalue weighted by Gasteiger charge is 2.18. The number of rotatable bonds is 12. The molecular formula is C21H35ClN2O2. The summed E-state index contributed by atoms with van der Waals surface area (Å²) in [7, 11) is 0. The molecule has 0 unspecified atom stereocenters. The Morgan fingerprint density at radius 3 is 2.35 bits per heavy atom. The highest BCUT2D eigenvalue weighted by molar-refractivity contribution is 6.31. The third kappa shape index (κ3) is 7.96. The summed E-state index contributed by atoms with van der Waals surface area (Å²) in [6, 6.07) is 3.32. The number of hydrogen-bond acceptors (Lipinski definition) is 3. The summed E-state index contributed by atoms with van der Waals surface area (Å²) in [5.41, 5.74) is 0.987. The monoisotopic (exact) mass is 382 g/mol. The maximum absolute atomic E-state index is 12.4. The summed E-state index contributed by atoms with van der Waals surface area (Å²) in [5, 5.41) is 14.0. The summed E-state index contributed by atoms with van der Waals surface area (Å²) in [6.07, 6.45) is 5.41. The Morgan fingerprint density at radius 2 is 1.81 bits per heavy atom. The quantitative estimate of drug-likeness (QED) is 0.520. The van der Waals surface area contributed by atoms with Gasteiger partial charge in [0.15, 0.2) is 0 Å². The van der Waals surface area contributed by atoms with E-state index in [0.29, 0.717) is 24.0 Å². The van der Waals surface area contributed by atoms with Gasteiger partial charge in [0, 0.05) is 23.7 Å². The topological polar surface area (TPSA) is 52.6 Å². The number of carbonyl (C=O) groups is 1. The second-order valence-electron chi connectivity index (χ2n) is 7.38. The molecule has 0 heterocycles. The average molecular weight is 383 g/mol. The molecule has 4 nitrogen and oxygen atoms in total. The zero-order valence-electron chi connectivity index (χ0n) is 16.8. The molecule has 0 saturated heterocycles. The van der Waals surface area contributed by atoms with Crippen LogP contribution in [0.15, 0.2) is 12.1 Å². The molecule has 0 aliphatic heterocycles. The molecule has 0 aliphatic carbocycles. The number of benzene rings is 1. The van der Waals surface area contributed by atoms with Crippen molar-refractivity contribution in [3.8, 4) is 5.75 Å². The van der Waals surface area contributed by atoms with E-state index in [-0.39, 0.29) is 17.2 Å². The van der Waals surface area contributed by atoms with Gasteiger partial charge in [-0.05, 0) is 50.4 Å². The highest BCUT2D eigenvalue weighted by Crippen LogP contribution is 2.28. The largest absolute Gasteiger partial charge is 0.507 e. The molecule has 1 rings (SSSR count). The molecular weight excluding hydrogens is 348 g/mol. The van der Waals surface area contributed by atoms with Gasteiger partial charge in [0.2, 0.25) is 0 Å². The number of halogens is 1. The van der Waals surface area contributed by atoms with E-state index in [1.807, 2.05) is 0 Å². The van der Waals surface area contributed by atoms with Gasteiger partial charge >= 0.3 is 0 Å². The molecule has 0 saturated carbocycles. The van der Waals surface area contributed by atoms with Crippen LogP contribution in [0.25, 0.3) is 0 Å². The van der Waals surface area contributed by atoms with Crippen molar-refractivity contribution in [3.63, 3.8) is 0 Å². The van der Waals surface area contributed by atoms with Crippen molar-refractivity contribution in [2.45, 2.75) is 66.3 Å². The number of aromatic hydroxyl groups is 1. The summed E-state index contributed by atoms with van der Waals surface area (Å²) < 4.78 is 0. The Kier molecular flexibility index (Phi) is 10.7. The van der Waals surface area contributed by atoms with Gasteiger partial charge in [-0.1, -0.05) is 52.1 Å². The van der Waals surface area contributed by atoms with Gasteiger partial charge < -0.3 is 10.4 Å². The summed E-state index contributed by atoms with van der Waals surface area (Å²) in [4.78, 5) is 14.8. The number of amides is 1. The van der Waals surface area contributed by atoms with Gasteiger partial charge in [-0.3, -0.25) is 9.69 Å². The predicted octanol–water partition coefficient (Wildman–Crippen LogP) is 5.22. The smallest absolute Gasteiger partial charge is 0.255 e. The number of hydrogen-bond donors (Lipinski definition) is 2. The first-order valence-electron chi connectivity index (χ1n) is 9.90. The van der Waals surface area contributed by atoms with E-state index >= 15 is 0 Å². The van der Waals surface area contributed by atoms with Crippen molar-refractivity contribution in [2.75, 3.05) is 19.6 Å². The Bertz CT molecular complexity index is 553.